The maximum Gasteiger partial charge on any atom is 0.180 e. The van der Waals surface area contributed by atoms with E-state index >= 15 is 0 Å². The van der Waals surface area contributed by atoms with Crippen LogP contribution in [-0.4, -0.2) is 52.7 Å². The summed E-state index contributed by atoms with van der Waals surface area (Å²) in [4.78, 5) is 6.27. The second-order valence-corrected chi connectivity index (χ2v) is 7.91. The zero-order valence-electron chi connectivity index (χ0n) is 17.4. The molecule has 0 saturated carbocycles. The Bertz CT molecular complexity index is 1110. The number of hydrogen-bond acceptors (Lipinski definition) is 5. The van der Waals surface area contributed by atoms with Crippen molar-refractivity contribution in [2.45, 2.75) is 25.1 Å². The molecular weight excluding hydrogens is 441 g/mol. The predicted octanol–water partition coefficient (Wildman–Crippen LogP) is 3.62. The molecule has 32 heavy (non-hydrogen) atoms. The minimum atomic E-state index is -1.19. The number of benzene rings is 1. The van der Waals surface area contributed by atoms with Crippen LogP contribution < -0.4 is 15.5 Å². The van der Waals surface area contributed by atoms with Crippen molar-refractivity contribution in [1.29, 1.82) is 0 Å². The first kappa shape index (κ1) is 22.3. The van der Waals surface area contributed by atoms with Gasteiger partial charge in [-0.05, 0) is 42.9 Å². The van der Waals surface area contributed by atoms with E-state index in [0.717, 1.165) is 24.6 Å². The van der Waals surface area contributed by atoms with Crippen molar-refractivity contribution in [3.05, 3.63) is 53.9 Å². The molecule has 4 rings (SSSR count). The van der Waals surface area contributed by atoms with E-state index in [1.807, 2.05) is 0 Å². The van der Waals surface area contributed by atoms with Crippen molar-refractivity contribution in [1.82, 2.24) is 19.9 Å². The van der Waals surface area contributed by atoms with Crippen LogP contribution in [0.3, 0.4) is 0 Å². The molecule has 0 bridgehead atoms. The highest BCUT2D eigenvalue weighted by molar-refractivity contribution is 7.80. The lowest BCUT2D eigenvalue weighted by atomic mass is 10.0. The number of methoxy groups -OCH3 is 1. The molecule has 2 atom stereocenters. The molecule has 1 aliphatic heterocycles. The number of rotatable bonds is 7. The fraction of sp³-hybridized carbons (Fsp3) is 0.381. The quantitative estimate of drug-likeness (QED) is 0.409. The Kier molecular flexibility index (Phi) is 6.75. The number of fused-ring (bicyclic) bond motifs is 1. The maximum atomic E-state index is 14.4. The van der Waals surface area contributed by atoms with E-state index in [0.29, 0.717) is 35.4 Å². The second kappa shape index (κ2) is 9.70. The Morgan fingerprint density at radius 1 is 1.31 bits per heavy atom. The molecule has 1 aromatic carbocycles. The van der Waals surface area contributed by atoms with Gasteiger partial charge in [0.1, 0.15) is 29.3 Å². The first-order valence-corrected chi connectivity index (χ1v) is 10.6. The summed E-state index contributed by atoms with van der Waals surface area (Å²) in [7, 11) is 1.64. The van der Waals surface area contributed by atoms with E-state index < -0.39 is 23.8 Å². The minimum absolute atomic E-state index is 0.0279. The average molecular weight is 465 g/mol. The highest BCUT2D eigenvalue weighted by Gasteiger charge is 2.36. The van der Waals surface area contributed by atoms with Crippen LogP contribution in [0.25, 0.3) is 5.65 Å². The highest BCUT2D eigenvalue weighted by Crippen LogP contribution is 2.38. The van der Waals surface area contributed by atoms with Crippen molar-refractivity contribution in [2.75, 3.05) is 37.0 Å². The summed E-state index contributed by atoms with van der Waals surface area (Å²) in [6.45, 7) is 1.29. The largest absolute Gasteiger partial charge is 0.385 e. The number of nitrogens with one attached hydrogen (secondary N) is 2. The van der Waals surface area contributed by atoms with Crippen LogP contribution >= 0.6 is 12.2 Å². The number of nitrogens with zero attached hydrogens (tertiary/aromatic N) is 4. The van der Waals surface area contributed by atoms with Crippen molar-refractivity contribution in [2.24, 2.45) is 0 Å². The number of alkyl halides is 1. The molecule has 7 nitrogen and oxygen atoms in total. The number of ether oxygens (including phenoxy) is 1. The van der Waals surface area contributed by atoms with Gasteiger partial charge in [-0.15, -0.1) is 0 Å². The van der Waals surface area contributed by atoms with Crippen LogP contribution in [0.2, 0.25) is 0 Å². The molecular formula is C21H23F3N6OS. The summed E-state index contributed by atoms with van der Waals surface area (Å²) in [5, 5.41) is 10.8. The Morgan fingerprint density at radius 3 is 2.97 bits per heavy atom. The van der Waals surface area contributed by atoms with Gasteiger partial charge in [-0.2, -0.15) is 5.10 Å². The van der Waals surface area contributed by atoms with Gasteiger partial charge in [0, 0.05) is 38.4 Å². The summed E-state index contributed by atoms with van der Waals surface area (Å²) in [6, 6.07) is 4.23. The molecule has 2 aromatic heterocycles. The van der Waals surface area contributed by atoms with Gasteiger partial charge < -0.3 is 20.3 Å². The van der Waals surface area contributed by atoms with Gasteiger partial charge in [0.2, 0.25) is 0 Å². The topological polar surface area (TPSA) is 66.7 Å². The van der Waals surface area contributed by atoms with Gasteiger partial charge in [0.15, 0.2) is 10.8 Å². The summed E-state index contributed by atoms with van der Waals surface area (Å²) < 4.78 is 49.1. The number of thiocarbonyl (C=S) groups is 1. The molecule has 1 aliphatic rings. The molecule has 1 saturated heterocycles. The molecule has 11 heteroatoms. The first-order valence-electron chi connectivity index (χ1n) is 10.2. The number of anilines is 2. The summed E-state index contributed by atoms with van der Waals surface area (Å²) in [6.07, 6.45) is 2.93. The molecule has 0 spiro atoms. The molecule has 0 aliphatic carbocycles. The van der Waals surface area contributed by atoms with Gasteiger partial charge in [0.25, 0.3) is 0 Å². The Morgan fingerprint density at radius 2 is 2.16 bits per heavy atom. The lowest BCUT2D eigenvalue weighted by Gasteiger charge is -2.26. The van der Waals surface area contributed by atoms with Crippen LogP contribution in [0.4, 0.5) is 24.7 Å². The van der Waals surface area contributed by atoms with Crippen LogP contribution in [0.5, 0.6) is 0 Å². The normalized spacial score (nSPS) is 18.3. The van der Waals surface area contributed by atoms with E-state index in [9.17, 15) is 13.2 Å². The maximum absolute atomic E-state index is 14.4. The summed E-state index contributed by atoms with van der Waals surface area (Å²) >= 11 is 5.31. The number of halogens is 3. The molecule has 2 N–H and O–H groups in total. The third-order valence-electron chi connectivity index (χ3n) is 5.27. The molecule has 3 aromatic rings. The van der Waals surface area contributed by atoms with E-state index in [2.05, 4.69) is 20.7 Å². The van der Waals surface area contributed by atoms with Crippen molar-refractivity contribution < 1.29 is 17.9 Å². The van der Waals surface area contributed by atoms with Crippen molar-refractivity contribution in [3.63, 3.8) is 0 Å². The third kappa shape index (κ3) is 4.78. The van der Waals surface area contributed by atoms with Crippen LogP contribution in [0.1, 0.15) is 24.4 Å². The smallest absolute Gasteiger partial charge is 0.180 e. The number of aromatic nitrogens is 3. The van der Waals surface area contributed by atoms with Crippen LogP contribution in [0.15, 0.2) is 36.7 Å². The Balaban J connectivity index is 1.58. The lowest BCUT2D eigenvalue weighted by Crippen LogP contribution is -2.29. The van der Waals surface area contributed by atoms with Crippen molar-refractivity contribution in [3.8, 4) is 0 Å². The first-order chi connectivity index (χ1) is 15.5. The standard InChI is InChI=1S/C21H23F3N6OS/c1-31-8-2-6-25-21(32)27-17-11-26-30-7-5-19(28-20(17)30)29-12-14(23)10-18(29)15-9-13(22)3-4-16(15)24/h3-5,7,9,11,14,18H,2,6,8,10,12H2,1H3,(H2,25,27,32)/t14-,18+/m0/s1. The van der Waals surface area contributed by atoms with Gasteiger partial charge in [-0.25, -0.2) is 22.7 Å². The van der Waals surface area contributed by atoms with E-state index in [-0.39, 0.29) is 18.5 Å². The monoisotopic (exact) mass is 464 g/mol. The fourth-order valence-corrected chi connectivity index (χ4v) is 4.01. The molecule has 1 fully saturated rings. The van der Waals surface area contributed by atoms with Gasteiger partial charge >= 0.3 is 0 Å². The summed E-state index contributed by atoms with van der Waals surface area (Å²) in [5.41, 5.74) is 1.16. The molecule has 0 radical (unpaired) electrons. The average Bonchev–Trinajstić information content (AvgIpc) is 3.36. The van der Waals surface area contributed by atoms with E-state index in [1.165, 1.54) is 0 Å². The third-order valence-corrected chi connectivity index (χ3v) is 5.52. The predicted molar refractivity (Wildman–Crippen MR) is 120 cm³/mol. The molecule has 0 unspecified atom stereocenters. The summed E-state index contributed by atoms with van der Waals surface area (Å²) in [5.74, 6) is -0.706. The second-order valence-electron chi connectivity index (χ2n) is 7.51. The van der Waals surface area contributed by atoms with Crippen LogP contribution in [0, 0.1) is 11.6 Å². The number of hydrogen-bond donors (Lipinski definition) is 2. The van der Waals surface area contributed by atoms with Crippen LogP contribution in [-0.2, 0) is 4.74 Å². The molecule has 3 heterocycles. The fourth-order valence-electron chi connectivity index (χ4n) is 3.80. The van der Waals surface area contributed by atoms with E-state index in [1.54, 1.807) is 35.0 Å². The zero-order chi connectivity index (χ0) is 22.7. The molecule has 0 amide bonds. The SMILES string of the molecule is COCCCNC(=S)Nc1cnn2ccc(N3C[C@@H](F)C[C@@H]3c3cc(F)ccc3F)nc12. The van der Waals surface area contributed by atoms with Crippen molar-refractivity contribution >= 4 is 34.5 Å². The Hall–Kier alpha value is -2.92. The minimum Gasteiger partial charge on any atom is -0.385 e. The lowest BCUT2D eigenvalue weighted by molar-refractivity contribution is 0.196. The van der Waals surface area contributed by atoms with Gasteiger partial charge in [-0.1, -0.05) is 0 Å². The highest BCUT2D eigenvalue weighted by atomic mass is 32.1. The zero-order valence-corrected chi connectivity index (χ0v) is 18.2. The molecule has 170 valence electrons. The van der Waals surface area contributed by atoms with E-state index in [4.69, 9.17) is 17.0 Å². The van der Waals surface area contributed by atoms with Gasteiger partial charge in [0.05, 0.1) is 18.8 Å². The van der Waals surface area contributed by atoms with Gasteiger partial charge in [-0.3, -0.25) is 0 Å². The Labute approximate surface area is 188 Å².